The maximum atomic E-state index is 13.9. The minimum Gasteiger partial charge on any atom is -0.497 e. The van der Waals surface area contributed by atoms with E-state index in [1.165, 1.54) is 10.5 Å². The number of aryl methyl sites for hydroxylation is 2. The zero-order valence-electron chi connectivity index (χ0n) is 17.4. The van der Waals surface area contributed by atoms with E-state index in [0.717, 1.165) is 5.56 Å². The molecule has 0 spiro atoms. The number of methoxy groups -OCH3 is 1. The van der Waals surface area contributed by atoms with E-state index in [0.29, 0.717) is 34.9 Å². The van der Waals surface area contributed by atoms with Crippen molar-refractivity contribution < 1.29 is 17.9 Å². The van der Waals surface area contributed by atoms with E-state index < -0.39 is 16.1 Å². The highest BCUT2D eigenvalue weighted by molar-refractivity contribution is 7.93. The lowest BCUT2D eigenvalue weighted by atomic mass is 10.1. The molecule has 0 N–H and O–H groups in total. The second kappa shape index (κ2) is 8.36. The van der Waals surface area contributed by atoms with Gasteiger partial charge in [0.1, 0.15) is 12.4 Å². The number of hydrogen-bond acceptors (Lipinski definition) is 6. The average molecular weight is 460 g/mol. The van der Waals surface area contributed by atoms with E-state index in [4.69, 9.17) is 21.1 Å². The van der Waals surface area contributed by atoms with E-state index in [9.17, 15) is 8.42 Å². The normalized spacial score (nSPS) is 15.6. The van der Waals surface area contributed by atoms with Crippen LogP contribution >= 0.6 is 11.6 Å². The Balaban J connectivity index is 1.73. The van der Waals surface area contributed by atoms with Crippen LogP contribution in [-0.4, -0.2) is 38.1 Å². The molecule has 0 amide bonds. The van der Waals surface area contributed by atoms with Crippen molar-refractivity contribution in [2.75, 3.05) is 18.0 Å². The van der Waals surface area contributed by atoms with Crippen molar-refractivity contribution in [1.29, 1.82) is 0 Å². The lowest BCUT2D eigenvalue weighted by Gasteiger charge is -2.28. The van der Waals surface area contributed by atoms with Crippen LogP contribution in [0.4, 0.5) is 5.69 Å². The third kappa shape index (κ3) is 4.05. The van der Waals surface area contributed by atoms with Crippen LogP contribution < -0.4 is 13.8 Å². The van der Waals surface area contributed by atoms with Gasteiger partial charge in [-0.1, -0.05) is 18.2 Å². The van der Waals surface area contributed by atoms with Crippen molar-refractivity contribution >= 4 is 27.3 Å². The molecule has 162 valence electrons. The van der Waals surface area contributed by atoms with Gasteiger partial charge in [0.15, 0.2) is 0 Å². The second-order valence-corrected chi connectivity index (χ2v) is 9.44. The van der Waals surface area contributed by atoms with Gasteiger partial charge in [0.05, 0.1) is 23.7 Å². The molecule has 4 rings (SSSR count). The van der Waals surface area contributed by atoms with Crippen LogP contribution in [0.15, 0.2) is 53.6 Å². The van der Waals surface area contributed by atoms with Crippen molar-refractivity contribution in [3.8, 4) is 11.6 Å². The Bertz CT molecular complexity index is 1210. The van der Waals surface area contributed by atoms with Crippen LogP contribution in [0.5, 0.6) is 11.6 Å². The van der Waals surface area contributed by atoms with Crippen molar-refractivity contribution in [3.63, 3.8) is 0 Å². The van der Waals surface area contributed by atoms with Gasteiger partial charge < -0.3 is 9.47 Å². The zero-order valence-corrected chi connectivity index (χ0v) is 18.9. The van der Waals surface area contributed by atoms with E-state index in [1.807, 2.05) is 24.3 Å². The summed E-state index contributed by atoms with van der Waals surface area (Å²) in [5.41, 5.74) is 2.86. The number of hydrogen-bond donors (Lipinski definition) is 0. The largest absolute Gasteiger partial charge is 0.497 e. The number of ether oxygens (including phenoxy) is 2. The summed E-state index contributed by atoms with van der Waals surface area (Å²) in [4.78, 5) is 8.14. The fourth-order valence-corrected chi connectivity index (χ4v) is 6.23. The summed E-state index contributed by atoms with van der Waals surface area (Å²) in [6.07, 6.45) is 2.02. The molecule has 9 heteroatoms. The predicted octanol–water partition coefficient (Wildman–Crippen LogP) is 3.95. The van der Waals surface area contributed by atoms with Crippen LogP contribution in [0, 0.1) is 13.8 Å². The number of nitrogens with zero attached hydrogens (tertiary/aromatic N) is 3. The number of aromatic nitrogens is 2. The smallest absolute Gasteiger partial charge is 0.265 e. The molecular weight excluding hydrogens is 438 g/mol. The molecule has 0 radical (unpaired) electrons. The van der Waals surface area contributed by atoms with Crippen molar-refractivity contribution in [1.82, 2.24) is 9.97 Å². The maximum Gasteiger partial charge on any atom is 0.265 e. The van der Waals surface area contributed by atoms with Gasteiger partial charge in [-0.3, -0.25) is 4.31 Å². The Morgan fingerprint density at radius 3 is 2.55 bits per heavy atom. The Kier molecular flexibility index (Phi) is 5.77. The van der Waals surface area contributed by atoms with E-state index in [2.05, 4.69) is 9.97 Å². The Hall–Kier alpha value is -2.84. The molecule has 1 atom stereocenters. The van der Waals surface area contributed by atoms with Crippen LogP contribution in [0.3, 0.4) is 0 Å². The molecule has 0 saturated heterocycles. The molecule has 1 aliphatic heterocycles. The molecule has 1 aliphatic rings. The lowest BCUT2D eigenvalue weighted by molar-refractivity contribution is 0.281. The fraction of sp³-hybridized carbons (Fsp3) is 0.273. The molecule has 2 heterocycles. The number of anilines is 1. The van der Waals surface area contributed by atoms with Gasteiger partial charge in [-0.25, -0.2) is 13.4 Å². The zero-order chi connectivity index (χ0) is 22.2. The minimum atomic E-state index is -3.86. The predicted molar refractivity (Wildman–Crippen MR) is 119 cm³/mol. The molecule has 1 aromatic heterocycles. The van der Waals surface area contributed by atoms with Crippen LogP contribution in [0.1, 0.15) is 16.7 Å². The van der Waals surface area contributed by atoms with Gasteiger partial charge in [-0.05, 0) is 66.8 Å². The van der Waals surface area contributed by atoms with Crippen LogP contribution in [-0.2, 0) is 16.4 Å². The second-order valence-electron chi connectivity index (χ2n) is 7.35. The third-order valence-electron chi connectivity index (χ3n) is 5.23. The van der Waals surface area contributed by atoms with Crippen LogP contribution in [0.25, 0.3) is 0 Å². The highest BCUT2D eigenvalue weighted by atomic mass is 35.5. The topological polar surface area (TPSA) is 81.6 Å². The van der Waals surface area contributed by atoms with Gasteiger partial charge >= 0.3 is 0 Å². The molecule has 0 bridgehead atoms. The number of sulfonamides is 1. The standard InChI is InChI=1S/C22H22ClN3O4S/c1-14-10-18(29-3)11-15(2)21(14)31(27,28)26-17(12-16-6-4-5-7-19(16)26)13-30-20-8-9-24-22(23)25-20/h4-11,17H,12-13H2,1-3H3. The average Bonchev–Trinajstić information content (AvgIpc) is 3.11. The molecule has 3 aromatic rings. The first-order valence-corrected chi connectivity index (χ1v) is 11.5. The summed E-state index contributed by atoms with van der Waals surface area (Å²) in [5.74, 6) is 0.918. The Labute approximate surface area is 186 Å². The highest BCUT2D eigenvalue weighted by Crippen LogP contribution is 2.39. The van der Waals surface area contributed by atoms with E-state index >= 15 is 0 Å². The number of fused-ring (bicyclic) bond motifs is 1. The quantitative estimate of drug-likeness (QED) is 0.519. The molecule has 31 heavy (non-hydrogen) atoms. The summed E-state index contributed by atoms with van der Waals surface area (Å²) in [6, 6.07) is 12.1. The minimum absolute atomic E-state index is 0.0705. The van der Waals surface area contributed by atoms with E-state index in [-0.39, 0.29) is 16.8 Å². The summed E-state index contributed by atoms with van der Waals surface area (Å²) >= 11 is 5.84. The SMILES string of the molecule is COc1cc(C)c(S(=O)(=O)N2c3ccccc3CC2COc2ccnc(Cl)n2)c(C)c1. The number of halogens is 1. The molecule has 0 aliphatic carbocycles. The summed E-state index contributed by atoms with van der Waals surface area (Å²) < 4.78 is 40.4. The van der Waals surface area contributed by atoms with Gasteiger partial charge in [-0.2, -0.15) is 4.98 Å². The first kappa shape index (κ1) is 21.4. The summed E-state index contributed by atoms with van der Waals surface area (Å²) in [5, 5.41) is 0.0705. The van der Waals surface area contributed by atoms with Crippen molar-refractivity contribution in [2.45, 2.75) is 31.2 Å². The summed E-state index contributed by atoms with van der Waals surface area (Å²) in [6.45, 7) is 3.67. The number of benzene rings is 2. The first-order chi connectivity index (χ1) is 14.8. The maximum absolute atomic E-state index is 13.9. The summed E-state index contributed by atoms with van der Waals surface area (Å²) in [7, 11) is -2.30. The van der Waals surface area contributed by atoms with Crippen molar-refractivity contribution in [2.24, 2.45) is 0 Å². The molecule has 2 aromatic carbocycles. The Morgan fingerprint density at radius 1 is 1.16 bits per heavy atom. The fourth-order valence-electron chi connectivity index (χ4n) is 4.00. The lowest BCUT2D eigenvalue weighted by Crippen LogP contribution is -2.42. The first-order valence-electron chi connectivity index (χ1n) is 9.70. The number of rotatable bonds is 6. The van der Waals surface area contributed by atoms with Gasteiger partial charge in [0, 0.05) is 12.3 Å². The molecule has 1 unspecified atom stereocenters. The Morgan fingerprint density at radius 2 is 1.87 bits per heavy atom. The van der Waals surface area contributed by atoms with Crippen molar-refractivity contribution in [3.05, 3.63) is 70.6 Å². The third-order valence-corrected chi connectivity index (χ3v) is 7.58. The van der Waals surface area contributed by atoms with E-state index in [1.54, 1.807) is 39.2 Å². The van der Waals surface area contributed by atoms with Gasteiger partial charge in [0.25, 0.3) is 10.0 Å². The molecule has 7 nitrogen and oxygen atoms in total. The van der Waals surface area contributed by atoms with Gasteiger partial charge in [0.2, 0.25) is 11.2 Å². The van der Waals surface area contributed by atoms with Crippen LogP contribution in [0.2, 0.25) is 5.28 Å². The molecule has 0 saturated carbocycles. The molecule has 0 fully saturated rings. The highest BCUT2D eigenvalue weighted by Gasteiger charge is 2.40. The van der Waals surface area contributed by atoms with Gasteiger partial charge in [-0.15, -0.1) is 0 Å². The molecular formula is C22H22ClN3O4S. The number of para-hydroxylation sites is 1. The monoisotopic (exact) mass is 459 g/mol.